The Morgan fingerprint density at radius 3 is 2.25 bits per heavy atom. The van der Waals surface area contributed by atoms with E-state index in [4.69, 9.17) is 9.47 Å². The summed E-state index contributed by atoms with van der Waals surface area (Å²) < 4.78 is 14.6. The smallest absolute Gasteiger partial charge is 0.276 e. The number of benzene rings is 2. The molecule has 2 aromatic heterocycles. The van der Waals surface area contributed by atoms with Gasteiger partial charge >= 0.3 is 0 Å². The van der Waals surface area contributed by atoms with Gasteiger partial charge in [0.15, 0.2) is 0 Å². The molecule has 1 unspecified atom stereocenters. The number of amides is 4. The van der Waals surface area contributed by atoms with Gasteiger partial charge in [-0.25, -0.2) is 0 Å². The van der Waals surface area contributed by atoms with Gasteiger partial charge in [-0.3, -0.25) is 43.7 Å². The van der Waals surface area contributed by atoms with Crippen LogP contribution in [0.4, 0.5) is 0 Å². The van der Waals surface area contributed by atoms with E-state index in [1.807, 2.05) is 18.2 Å². The number of carbonyl (C=O) groups is 5. The highest BCUT2D eigenvalue weighted by atomic mass is 16.5. The van der Waals surface area contributed by atoms with Crippen molar-refractivity contribution in [2.75, 3.05) is 20.8 Å². The van der Waals surface area contributed by atoms with Gasteiger partial charge in [0.1, 0.15) is 28.8 Å². The lowest BCUT2D eigenvalue weighted by Crippen LogP contribution is -2.54. The molecule has 0 radical (unpaired) electrons. The number of hydrogen-bond acceptors (Lipinski definition) is 10. The highest BCUT2D eigenvalue weighted by Gasteiger charge is 2.45. The second kappa shape index (κ2) is 17.9. The van der Waals surface area contributed by atoms with Gasteiger partial charge in [-0.2, -0.15) is 5.10 Å². The Morgan fingerprint density at radius 1 is 0.893 bits per heavy atom. The first-order chi connectivity index (χ1) is 27.0. The quantitative estimate of drug-likeness (QED) is 0.100. The average molecular weight is 767 g/mol. The van der Waals surface area contributed by atoms with Crippen molar-refractivity contribution in [3.63, 3.8) is 0 Å². The molecule has 1 fully saturated rings. The number of Topliss-reactive ketones (excluding diaryl/α,β-unsaturated/α-hetero) is 1. The SMILES string of the molecule is COc1cc(-c2cn(C)c(=O)c3c2cnn3C)cc(OC)c1CNCC(=O)CCCCCCCCCCc1cccc2c1C(=O)N(C1CCC(=O)NC1=O)C2=O. The van der Waals surface area contributed by atoms with E-state index in [0.29, 0.717) is 47.5 Å². The number of piperidine rings is 1. The molecule has 2 N–H and O–H groups in total. The van der Waals surface area contributed by atoms with Crippen molar-refractivity contribution in [3.8, 4) is 22.6 Å². The number of nitrogens with one attached hydrogen (secondary N) is 2. The third-order valence-corrected chi connectivity index (χ3v) is 10.8. The van der Waals surface area contributed by atoms with Crippen LogP contribution in [0.15, 0.2) is 47.5 Å². The van der Waals surface area contributed by atoms with Gasteiger partial charge < -0.3 is 19.4 Å². The molecule has 2 aliphatic heterocycles. The molecule has 1 atom stereocenters. The molecule has 4 heterocycles. The van der Waals surface area contributed by atoms with Crippen LogP contribution in [0.3, 0.4) is 0 Å². The lowest BCUT2D eigenvalue weighted by molar-refractivity contribution is -0.136. The van der Waals surface area contributed by atoms with Crippen LogP contribution in [0.5, 0.6) is 11.5 Å². The predicted octanol–water partition coefficient (Wildman–Crippen LogP) is 4.77. The maximum Gasteiger partial charge on any atom is 0.276 e. The van der Waals surface area contributed by atoms with Gasteiger partial charge in [0, 0.05) is 56.2 Å². The van der Waals surface area contributed by atoms with Crippen molar-refractivity contribution >= 4 is 40.3 Å². The number of carbonyl (C=O) groups excluding carboxylic acids is 5. The molecule has 4 amide bonds. The first-order valence-electron chi connectivity index (χ1n) is 19.4. The lowest BCUT2D eigenvalue weighted by atomic mass is 9.97. The minimum absolute atomic E-state index is 0.0933. The standard InChI is InChI=1S/C42H50N6O8/c1-46-25-32(30-24-44-47(2)38(30)42(46)54)27-20-34(55-3)31(35(21-27)56-4)23-43-22-28(49)16-12-10-8-6-5-7-9-11-14-26-15-13-17-29-37(26)41(53)48(40(29)52)33-18-19-36(50)45-39(33)51/h13,15,17,20-21,24-25,33,43H,5-12,14,16,18-19,22-23H2,1-4H3,(H,45,50,51). The Hall–Kier alpha value is -5.63. The van der Waals surface area contributed by atoms with Gasteiger partial charge in [0.25, 0.3) is 17.4 Å². The number of aromatic nitrogens is 3. The highest BCUT2D eigenvalue weighted by molar-refractivity contribution is 6.24. The zero-order valence-electron chi connectivity index (χ0n) is 32.6. The van der Waals surface area contributed by atoms with E-state index in [9.17, 15) is 28.8 Å². The van der Waals surface area contributed by atoms with Crippen molar-refractivity contribution in [2.45, 2.75) is 89.6 Å². The first kappa shape index (κ1) is 40.0. The molecule has 0 bridgehead atoms. The largest absolute Gasteiger partial charge is 0.496 e. The minimum atomic E-state index is -0.964. The Balaban J connectivity index is 0.883. The van der Waals surface area contributed by atoms with Gasteiger partial charge in [-0.1, -0.05) is 50.7 Å². The predicted molar refractivity (Wildman–Crippen MR) is 210 cm³/mol. The van der Waals surface area contributed by atoms with E-state index in [2.05, 4.69) is 15.7 Å². The van der Waals surface area contributed by atoms with E-state index in [1.165, 1.54) is 0 Å². The minimum Gasteiger partial charge on any atom is -0.496 e. The van der Waals surface area contributed by atoms with E-state index in [0.717, 1.165) is 83.9 Å². The number of rotatable bonds is 19. The third-order valence-electron chi connectivity index (χ3n) is 10.8. The molecule has 2 aromatic carbocycles. The molecule has 0 aliphatic carbocycles. The molecule has 2 aliphatic rings. The van der Waals surface area contributed by atoms with E-state index < -0.39 is 29.7 Å². The maximum atomic E-state index is 13.3. The summed E-state index contributed by atoms with van der Waals surface area (Å²) in [7, 11) is 6.65. The van der Waals surface area contributed by atoms with Gasteiger partial charge in [0.05, 0.1) is 38.1 Å². The Kier molecular flexibility index (Phi) is 12.8. The number of methoxy groups -OCH3 is 2. The fraction of sp³-hybridized carbons (Fsp3) is 0.452. The molecule has 14 nitrogen and oxygen atoms in total. The summed E-state index contributed by atoms with van der Waals surface area (Å²) in [5.41, 5.74) is 4.35. The second-order valence-electron chi connectivity index (χ2n) is 14.6. The Bertz CT molecular complexity index is 2200. The summed E-state index contributed by atoms with van der Waals surface area (Å²) in [5, 5.41) is 10.5. The van der Waals surface area contributed by atoms with Crippen LogP contribution >= 0.6 is 0 Å². The number of nitrogens with zero attached hydrogens (tertiary/aromatic N) is 4. The van der Waals surface area contributed by atoms with Crippen LogP contribution in [0.1, 0.15) is 102 Å². The fourth-order valence-electron chi connectivity index (χ4n) is 7.83. The molecule has 4 aromatic rings. The summed E-state index contributed by atoms with van der Waals surface area (Å²) in [4.78, 5) is 76.8. The molecule has 56 heavy (non-hydrogen) atoms. The number of ketones is 1. The van der Waals surface area contributed by atoms with Crippen molar-refractivity contribution in [1.29, 1.82) is 0 Å². The molecule has 0 saturated carbocycles. The maximum absolute atomic E-state index is 13.3. The first-order valence-corrected chi connectivity index (χ1v) is 19.4. The van der Waals surface area contributed by atoms with Crippen LogP contribution in [0.2, 0.25) is 0 Å². The number of aryl methyl sites for hydroxylation is 3. The number of imide groups is 2. The lowest BCUT2D eigenvalue weighted by Gasteiger charge is -2.27. The third kappa shape index (κ3) is 8.44. The monoisotopic (exact) mass is 766 g/mol. The molecule has 0 spiro atoms. The molecule has 6 rings (SSSR count). The van der Waals surface area contributed by atoms with Gasteiger partial charge in [-0.15, -0.1) is 0 Å². The number of fused-ring (bicyclic) bond motifs is 2. The molecule has 1 saturated heterocycles. The van der Waals surface area contributed by atoms with Crippen molar-refractivity contribution in [3.05, 3.63) is 75.3 Å². The second-order valence-corrected chi connectivity index (χ2v) is 14.6. The topological polar surface area (TPSA) is 171 Å². The van der Waals surface area contributed by atoms with Crippen LogP contribution in [0, 0.1) is 0 Å². The zero-order chi connectivity index (χ0) is 39.9. The van der Waals surface area contributed by atoms with Gasteiger partial charge in [0.2, 0.25) is 11.8 Å². The number of pyridine rings is 1. The number of unbranched alkanes of at least 4 members (excludes halogenated alkanes) is 7. The van der Waals surface area contributed by atoms with E-state index in [1.54, 1.807) is 62.1 Å². The highest BCUT2D eigenvalue weighted by Crippen LogP contribution is 2.37. The number of hydrogen-bond donors (Lipinski definition) is 2. The molecule has 14 heteroatoms. The van der Waals surface area contributed by atoms with Crippen LogP contribution in [-0.2, 0) is 41.4 Å². The van der Waals surface area contributed by atoms with E-state index >= 15 is 0 Å². The van der Waals surface area contributed by atoms with Crippen molar-refractivity contribution < 1.29 is 33.4 Å². The summed E-state index contributed by atoms with van der Waals surface area (Å²) >= 11 is 0. The van der Waals surface area contributed by atoms with Crippen LogP contribution in [-0.4, -0.2) is 75.5 Å². The van der Waals surface area contributed by atoms with E-state index in [-0.39, 0.29) is 30.7 Å². The Morgan fingerprint density at radius 2 is 1.57 bits per heavy atom. The fourth-order valence-corrected chi connectivity index (χ4v) is 7.83. The molecular weight excluding hydrogens is 716 g/mol. The Labute approximate surface area is 325 Å². The normalized spacial score (nSPS) is 15.4. The van der Waals surface area contributed by atoms with Crippen molar-refractivity contribution in [1.82, 2.24) is 29.9 Å². The molecular formula is C42H50N6O8. The summed E-state index contributed by atoms with van der Waals surface area (Å²) in [6, 6.07) is 8.14. The number of ether oxygens (including phenoxy) is 2. The van der Waals surface area contributed by atoms with Gasteiger partial charge in [-0.05, 0) is 55.0 Å². The zero-order valence-corrected chi connectivity index (χ0v) is 32.6. The summed E-state index contributed by atoms with van der Waals surface area (Å²) in [6.45, 7) is 0.625. The molecule has 296 valence electrons. The van der Waals surface area contributed by atoms with Crippen LogP contribution in [0.25, 0.3) is 22.0 Å². The average Bonchev–Trinajstić information content (AvgIpc) is 3.70. The van der Waals surface area contributed by atoms with Crippen LogP contribution < -0.4 is 25.7 Å². The van der Waals surface area contributed by atoms with Crippen molar-refractivity contribution in [2.24, 2.45) is 14.1 Å². The summed E-state index contributed by atoms with van der Waals surface area (Å²) in [5.74, 6) is -0.561. The summed E-state index contributed by atoms with van der Waals surface area (Å²) in [6.07, 6.45) is 12.9.